The average Bonchev–Trinajstić information content (AvgIpc) is 3.19. The van der Waals surface area contributed by atoms with Crippen LogP contribution in [-0.4, -0.2) is 23.4 Å². The topological polar surface area (TPSA) is 105 Å². The summed E-state index contributed by atoms with van der Waals surface area (Å²) in [5.41, 5.74) is 4.04. The molecule has 0 saturated carbocycles. The Morgan fingerprint density at radius 2 is 1.55 bits per heavy atom. The van der Waals surface area contributed by atoms with Crippen LogP contribution in [0.15, 0.2) is 91.3 Å². The number of fused-ring (bicyclic) bond motifs is 1. The van der Waals surface area contributed by atoms with E-state index in [9.17, 15) is 12.8 Å². The molecular formula is C24H18FN5O2S. The number of nitrogens with one attached hydrogen (secondary N) is 1. The van der Waals surface area contributed by atoms with E-state index in [1.165, 1.54) is 12.1 Å². The number of nitrogens with two attached hydrogens (primary N) is 1. The first-order valence-electron chi connectivity index (χ1n) is 9.99. The third-order valence-corrected chi connectivity index (χ3v) is 6.11. The van der Waals surface area contributed by atoms with Crippen LogP contribution in [0.1, 0.15) is 0 Å². The van der Waals surface area contributed by atoms with E-state index in [4.69, 9.17) is 5.14 Å². The largest absolute Gasteiger partial charge is 0.339 e. The fraction of sp³-hybridized carbons (Fsp3) is 0. The van der Waals surface area contributed by atoms with Crippen LogP contribution < -0.4 is 9.44 Å². The van der Waals surface area contributed by atoms with Crippen LogP contribution in [0.5, 0.6) is 0 Å². The summed E-state index contributed by atoms with van der Waals surface area (Å²) in [6.07, 6.45) is 3.37. The minimum atomic E-state index is -4.15. The molecule has 3 heterocycles. The number of benzene rings is 2. The second-order valence-electron chi connectivity index (χ2n) is 7.33. The zero-order chi connectivity index (χ0) is 23.0. The van der Waals surface area contributed by atoms with Crippen LogP contribution in [-0.2, 0) is 10.2 Å². The van der Waals surface area contributed by atoms with E-state index < -0.39 is 10.2 Å². The SMILES string of the molecule is NS(=O)(=O)N(c1ccccc1)c1ccc2c(-c3ccncc3)c(-c3ccc(F)cc3)[nH]c2n1. The number of pyridine rings is 2. The third kappa shape index (κ3) is 3.95. The first-order valence-corrected chi connectivity index (χ1v) is 11.5. The van der Waals surface area contributed by atoms with Gasteiger partial charge in [0.15, 0.2) is 5.82 Å². The van der Waals surface area contributed by atoms with Gasteiger partial charge in [0.1, 0.15) is 11.5 Å². The number of rotatable bonds is 5. The molecule has 2 aromatic carbocycles. The summed E-state index contributed by atoms with van der Waals surface area (Å²) in [4.78, 5) is 12.0. The predicted molar refractivity (Wildman–Crippen MR) is 126 cm³/mol. The van der Waals surface area contributed by atoms with Gasteiger partial charge in [-0.3, -0.25) is 4.98 Å². The van der Waals surface area contributed by atoms with Gasteiger partial charge in [0.25, 0.3) is 0 Å². The van der Waals surface area contributed by atoms with Crippen molar-refractivity contribution < 1.29 is 12.8 Å². The Hall–Kier alpha value is -4.08. The summed E-state index contributed by atoms with van der Waals surface area (Å²) in [7, 11) is -4.15. The van der Waals surface area contributed by atoms with Crippen LogP contribution in [0.25, 0.3) is 33.4 Å². The molecule has 0 saturated heterocycles. The predicted octanol–water partition coefficient (Wildman–Crippen LogP) is 4.77. The number of hydrogen-bond donors (Lipinski definition) is 2. The number of para-hydroxylation sites is 1. The second kappa shape index (κ2) is 8.12. The Balaban J connectivity index is 1.75. The van der Waals surface area contributed by atoms with Gasteiger partial charge in [0.2, 0.25) is 0 Å². The van der Waals surface area contributed by atoms with Crippen molar-refractivity contribution in [3.05, 3.63) is 97.1 Å². The Morgan fingerprint density at radius 3 is 2.21 bits per heavy atom. The molecule has 3 N–H and O–H groups in total. The fourth-order valence-corrected chi connectivity index (χ4v) is 4.58. The minimum absolute atomic E-state index is 0.143. The maximum absolute atomic E-state index is 13.5. The molecule has 3 aromatic heterocycles. The van der Waals surface area contributed by atoms with E-state index in [1.54, 1.807) is 67.0 Å². The van der Waals surface area contributed by atoms with Crippen LogP contribution >= 0.6 is 0 Å². The van der Waals surface area contributed by atoms with Gasteiger partial charge in [-0.25, -0.2) is 18.8 Å². The van der Waals surface area contributed by atoms with Gasteiger partial charge in [-0.15, -0.1) is 0 Å². The lowest BCUT2D eigenvalue weighted by molar-refractivity contribution is 0.597. The Kier molecular flexibility index (Phi) is 5.12. The lowest BCUT2D eigenvalue weighted by Gasteiger charge is -2.20. The van der Waals surface area contributed by atoms with Gasteiger partial charge < -0.3 is 4.98 Å². The number of hydrogen-bond acceptors (Lipinski definition) is 4. The summed E-state index contributed by atoms with van der Waals surface area (Å²) in [5.74, 6) is -0.197. The highest BCUT2D eigenvalue weighted by Crippen LogP contribution is 2.39. The van der Waals surface area contributed by atoms with Gasteiger partial charge >= 0.3 is 10.2 Å². The first-order chi connectivity index (χ1) is 15.9. The summed E-state index contributed by atoms with van der Waals surface area (Å²) >= 11 is 0. The van der Waals surface area contributed by atoms with Gasteiger partial charge in [-0.05, 0) is 71.8 Å². The van der Waals surface area contributed by atoms with E-state index >= 15 is 0 Å². The summed E-state index contributed by atoms with van der Waals surface area (Å²) in [5, 5.41) is 6.29. The Morgan fingerprint density at radius 1 is 0.848 bits per heavy atom. The third-order valence-electron chi connectivity index (χ3n) is 5.20. The van der Waals surface area contributed by atoms with Crippen molar-refractivity contribution in [1.82, 2.24) is 15.0 Å². The lowest BCUT2D eigenvalue weighted by atomic mass is 10.00. The standard InChI is InChI=1S/C24H18FN5O2S/c25-18-8-6-17(7-9-18)23-22(16-12-14-27-15-13-16)20-10-11-21(28-24(20)29-23)30(33(26,31)32)19-4-2-1-3-5-19/h1-15H,(H,28,29)(H2,26,31,32). The number of aromatic amines is 1. The van der Waals surface area contributed by atoms with Crippen LogP contribution in [0.2, 0.25) is 0 Å². The molecule has 0 aliphatic carbocycles. The highest BCUT2D eigenvalue weighted by molar-refractivity contribution is 7.90. The molecule has 0 spiro atoms. The van der Waals surface area contributed by atoms with Crippen molar-refractivity contribution in [3.8, 4) is 22.4 Å². The van der Waals surface area contributed by atoms with E-state index in [0.717, 1.165) is 32.1 Å². The summed E-state index contributed by atoms with van der Waals surface area (Å²) in [6, 6.07) is 21.7. The van der Waals surface area contributed by atoms with Crippen molar-refractivity contribution in [2.24, 2.45) is 5.14 Å². The molecule has 0 aliphatic heterocycles. The normalized spacial score (nSPS) is 11.6. The van der Waals surface area contributed by atoms with E-state index in [2.05, 4.69) is 15.0 Å². The number of aromatic nitrogens is 3. The molecule has 0 amide bonds. The highest BCUT2D eigenvalue weighted by Gasteiger charge is 2.24. The number of nitrogens with zero attached hydrogens (tertiary/aromatic N) is 3. The zero-order valence-electron chi connectivity index (χ0n) is 17.2. The van der Waals surface area contributed by atoms with E-state index in [-0.39, 0.29) is 11.6 Å². The molecule has 0 unspecified atom stereocenters. The van der Waals surface area contributed by atoms with Crippen molar-refractivity contribution in [1.29, 1.82) is 0 Å². The van der Waals surface area contributed by atoms with Crippen molar-refractivity contribution >= 4 is 32.7 Å². The molecule has 9 heteroatoms. The monoisotopic (exact) mass is 459 g/mol. The lowest BCUT2D eigenvalue weighted by Crippen LogP contribution is -2.33. The highest BCUT2D eigenvalue weighted by atomic mass is 32.2. The number of halogens is 1. The van der Waals surface area contributed by atoms with E-state index in [0.29, 0.717) is 11.3 Å². The molecular weight excluding hydrogens is 441 g/mol. The van der Waals surface area contributed by atoms with Crippen molar-refractivity contribution in [2.75, 3.05) is 4.31 Å². The molecule has 5 rings (SSSR count). The first kappa shape index (κ1) is 20.8. The molecule has 164 valence electrons. The van der Waals surface area contributed by atoms with Gasteiger partial charge in [0, 0.05) is 23.3 Å². The minimum Gasteiger partial charge on any atom is -0.339 e. The molecule has 0 radical (unpaired) electrons. The van der Waals surface area contributed by atoms with Crippen LogP contribution in [0, 0.1) is 5.82 Å². The molecule has 0 aliphatic rings. The Labute approximate surface area is 189 Å². The summed E-state index contributed by atoms with van der Waals surface area (Å²) < 4.78 is 39.4. The molecule has 5 aromatic rings. The Bertz CT molecular complexity index is 1540. The molecule has 0 bridgehead atoms. The molecule has 0 atom stereocenters. The maximum Gasteiger partial charge on any atom is 0.304 e. The van der Waals surface area contributed by atoms with Crippen molar-refractivity contribution in [2.45, 2.75) is 0 Å². The molecule has 0 fully saturated rings. The average molecular weight is 460 g/mol. The maximum atomic E-state index is 13.5. The van der Waals surface area contributed by atoms with Gasteiger partial charge in [0.05, 0.1) is 11.4 Å². The number of anilines is 2. The van der Waals surface area contributed by atoms with Crippen LogP contribution in [0.3, 0.4) is 0 Å². The molecule has 33 heavy (non-hydrogen) atoms. The van der Waals surface area contributed by atoms with Crippen molar-refractivity contribution in [3.63, 3.8) is 0 Å². The zero-order valence-corrected chi connectivity index (χ0v) is 18.0. The molecule has 7 nitrogen and oxygen atoms in total. The van der Waals surface area contributed by atoms with E-state index in [1.807, 2.05) is 12.1 Å². The smallest absolute Gasteiger partial charge is 0.304 e. The summed E-state index contributed by atoms with van der Waals surface area (Å²) in [6.45, 7) is 0. The quantitative estimate of drug-likeness (QED) is 0.395. The van der Waals surface area contributed by atoms with Crippen LogP contribution in [0.4, 0.5) is 15.9 Å². The van der Waals surface area contributed by atoms with Gasteiger partial charge in [-0.1, -0.05) is 18.2 Å². The number of H-pyrrole nitrogens is 1. The van der Waals surface area contributed by atoms with Gasteiger partial charge in [-0.2, -0.15) is 8.42 Å². The fourth-order valence-electron chi connectivity index (χ4n) is 3.80. The second-order valence-corrected chi connectivity index (χ2v) is 8.72.